The lowest BCUT2D eigenvalue weighted by molar-refractivity contribution is -0.113. The highest BCUT2D eigenvalue weighted by atomic mass is 32.2. The first kappa shape index (κ1) is 23.3. The van der Waals surface area contributed by atoms with Crippen LogP contribution in [0.15, 0.2) is 40.9 Å². The molecule has 4 rings (SSSR count). The number of benzene rings is 1. The van der Waals surface area contributed by atoms with Crippen molar-refractivity contribution >= 4 is 45.9 Å². The molecule has 1 saturated heterocycles. The average Bonchev–Trinajstić information content (AvgIpc) is 3.45. The summed E-state index contributed by atoms with van der Waals surface area (Å²) in [6.45, 7) is 6.77. The highest BCUT2D eigenvalue weighted by Gasteiger charge is 2.23. The van der Waals surface area contributed by atoms with Crippen LogP contribution < -0.4 is 10.2 Å². The standard InChI is InChI=1S/C22H25N5O4S2/c1-3-31-20(29)17-7-12-32-19(17)23-18(28)14-33-22-25-24-21(26-8-10-30-11-9-26)27(22)16-6-4-5-15(2)13-16/h4-7,12-13H,3,8-11,14H2,1-2H3,(H,23,28). The van der Waals surface area contributed by atoms with Gasteiger partial charge in [-0.2, -0.15) is 0 Å². The molecule has 1 aromatic carbocycles. The third kappa shape index (κ3) is 5.55. The van der Waals surface area contributed by atoms with Gasteiger partial charge in [0.05, 0.1) is 36.8 Å². The van der Waals surface area contributed by atoms with Crippen molar-refractivity contribution < 1.29 is 19.1 Å². The van der Waals surface area contributed by atoms with Crippen LogP contribution in [0.25, 0.3) is 5.69 Å². The number of rotatable bonds is 8. The quantitative estimate of drug-likeness (QED) is 0.381. The van der Waals surface area contributed by atoms with E-state index in [0.717, 1.165) is 30.3 Å². The van der Waals surface area contributed by atoms with E-state index in [4.69, 9.17) is 9.47 Å². The van der Waals surface area contributed by atoms with E-state index in [1.54, 1.807) is 18.4 Å². The first-order chi connectivity index (χ1) is 16.1. The molecule has 0 aliphatic carbocycles. The van der Waals surface area contributed by atoms with Crippen LogP contribution in [0.1, 0.15) is 22.8 Å². The molecule has 1 amide bonds. The zero-order valence-corrected chi connectivity index (χ0v) is 20.1. The van der Waals surface area contributed by atoms with E-state index < -0.39 is 5.97 Å². The molecule has 3 heterocycles. The van der Waals surface area contributed by atoms with Crippen molar-refractivity contribution in [2.45, 2.75) is 19.0 Å². The van der Waals surface area contributed by atoms with Gasteiger partial charge in [-0.3, -0.25) is 9.36 Å². The zero-order valence-electron chi connectivity index (χ0n) is 18.4. The van der Waals surface area contributed by atoms with Gasteiger partial charge < -0.3 is 19.7 Å². The van der Waals surface area contributed by atoms with E-state index in [9.17, 15) is 9.59 Å². The number of nitrogens with one attached hydrogen (secondary N) is 1. The zero-order chi connectivity index (χ0) is 23.2. The Morgan fingerprint density at radius 2 is 2.06 bits per heavy atom. The van der Waals surface area contributed by atoms with Crippen molar-refractivity contribution in [2.24, 2.45) is 0 Å². The van der Waals surface area contributed by atoms with Crippen molar-refractivity contribution in [3.8, 4) is 5.69 Å². The number of aromatic nitrogens is 3. The maximum absolute atomic E-state index is 12.7. The number of anilines is 2. The van der Waals surface area contributed by atoms with E-state index in [-0.39, 0.29) is 18.3 Å². The molecule has 0 spiro atoms. The third-order valence-corrected chi connectivity index (χ3v) is 6.67. The number of esters is 1. The van der Waals surface area contributed by atoms with Crippen molar-refractivity contribution in [1.82, 2.24) is 14.8 Å². The predicted molar refractivity (Wildman–Crippen MR) is 129 cm³/mol. The highest BCUT2D eigenvalue weighted by Crippen LogP contribution is 2.29. The Morgan fingerprint density at radius 1 is 1.24 bits per heavy atom. The molecular weight excluding hydrogens is 462 g/mol. The van der Waals surface area contributed by atoms with Crippen LogP contribution in [-0.4, -0.2) is 65.3 Å². The summed E-state index contributed by atoms with van der Waals surface area (Å²) in [6.07, 6.45) is 0. The SMILES string of the molecule is CCOC(=O)c1ccsc1NC(=O)CSc1nnc(N2CCOCC2)n1-c1cccc(C)c1. The van der Waals surface area contributed by atoms with Crippen molar-refractivity contribution in [3.05, 3.63) is 46.8 Å². The van der Waals surface area contributed by atoms with E-state index >= 15 is 0 Å². The first-order valence-corrected chi connectivity index (χ1v) is 12.5. The number of hydrogen-bond donors (Lipinski definition) is 1. The lowest BCUT2D eigenvalue weighted by Gasteiger charge is -2.28. The van der Waals surface area contributed by atoms with Gasteiger partial charge >= 0.3 is 5.97 Å². The Kier molecular flexibility index (Phi) is 7.63. The average molecular weight is 488 g/mol. The molecular formula is C22H25N5O4S2. The summed E-state index contributed by atoms with van der Waals surface area (Å²) in [4.78, 5) is 26.9. The summed E-state index contributed by atoms with van der Waals surface area (Å²) < 4.78 is 12.5. The van der Waals surface area contributed by atoms with Crippen LogP contribution in [0.5, 0.6) is 0 Å². The van der Waals surface area contributed by atoms with Gasteiger partial charge in [0.2, 0.25) is 11.9 Å². The van der Waals surface area contributed by atoms with Gasteiger partial charge in [0.25, 0.3) is 0 Å². The van der Waals surface area contributed by atoms with Crippen LogP contribution in [0, 0.1) is 6.92 Å². The number of carbonyl (C=O) groups excluding carboxylic acids is 2. The second-order valence-electron chi connectivity index (χ2n) is 7.28. The molecule has 0 radical (unpaired) electrons. The molecule has 2 aromatic heterocycles. The molecule has 0 bridgehead atoms. The Labute approximate surface area is 200 Å². The van der Waals surface area contributed by atoms with Gasteiger partial charge in [0.1, 0.15) is 5.00 Å². The molecule has 9 nitrogen and oxygen atoms in total. The lowest BCUT2D eigenvalue weighted by atomic mass is 10.2. The van der Waals surface area contributed by atoms with Crippen molar-refractivity contribution in [2.75, 3.05) is 48.9 Å². The van der Waals surface area contributed by atoms with E-state index in [1.807, 2.05) is 29.7 Å². The van der Waals surface area contributed by atoms with Crippen LogP contribution in [-0.2, 0) is 14.3 Å². The monoisotopic (exact) mass is 487 g/mol. The molecule has 0 saturated carbocycles. The summed E-state index contributed by atoms with van der Waals surface area (Å²) >= 11 is 2.58. The van der Waals surface area contributed by atoms with E-state index in [1.165, 1.54) is 23.1 Å². The number of thiophene rings is 1. The Hall–Kier alpha value is -2.89. The van der Waals surface area contributed by atoms with Crippen LogP contribution in [0.4, 0.5) is 10.9 Å². The number of aryl methyl sites for hydroxylation is 1. The number of ether oxygens (including phenoxy) is 2. The Morgan fingerprint density at radius 3 is 2.82 bits per heavy atom. The third-order valence-electron chi connectivity index (χ3n) is 4.92. The number of morpholine rings is 1. The minimum Gasteiger partial charge on any atom is -0.462 e. The maximum atomic E-state index is 12.7. The Balaban J connectivity index is 1.51. The molecule has 0 unspecified atom stereocenters. The topological polar surface area (TPSA) is 98.6 Å². The largest absolute Gasteiger partial charge is 0.462 e. The molecule has 1 aliphatic heterocycles. The molecule has 11 heteroatoms. The summed E-state index contributed by atoms with van der Waals surface area (Å²) in [5.74, 6) is 0.165. The van der Waals surface area contributed by atoms with E-state index in [2.05, 4.69) is 26.5 Å². The fourth-order valence-corrected chi connectivity index (χ4v) is 4.92. The molecule has 1 N–H and O–H groups in total. The number of hydrogen-bond acceptors (Lipinski definition) is 9. The fraction of sp³-hybridized carbons (Fsp3) is 0.364. The van der Waals surface area contributed by atoms with Crippen LogP contribution in [0.3, 0.4) is 0 Å². The normalized spacial score (nSPS) is 13.7. The summed E-state index contributed by atoms with van der Waals surface area (Å²) in [5.41, 5.74) is 2.41. The molecule has 3 aromatic rings. The minimum atomic E-state index is -0.448. The van der Waals surface area contributed by atoms with Gasteiger partial charge in [-0.1, -0.05) is 23.9 Å². The number of amides is 1. The summed E-state index contributed by atoms with van der Waals surface area (Å²) in [7, 11) is 0. The first-order valence-electron chi connectivity index (χ1n) is 10.6. The fourth-order valence-electron chi connectivity index (χ4n) is 3.39. The number of carbonyl (C=O) groups is 2. The maximum Gasteiger partial charge on any atom is 0.341 e. The van der Waals surface area contributed by atoms with Gasteiger partial charge in [0, 0.05) is 13.1 Å². The minimum absolute atomic E-state index is 0.118. The Bertz CT molecular complexity index is 1120. The van der Waals surface area contributed by atoms with Gasteiger partial charge in [0.15, 0.2) is 5.16 Å². The van der Waals surface area contributed by atoms with Gasteiger partial charge in [-0.25, -0.2) is 4.79 Å². The molecule has 174 valence electrons. The van der Waals surface area contributed by atoms with Crippen LogP contribution in [0.2, 0.25) is 0 Å². The van der Waals surface area contributed by atoms with E-state index in [0.29, 0.717) is 28.9 Å². The summed E-state index contributed by atoms with van der Waals surface area (Å²) in [5, 5.41) is 14.5. The molecule has 1 fully saturated rings. The van der Waals surface area contributed by atoms with Crippen molar-refractivity contribution in [3.63, 3.8) is 0 Å². The summed E-state index contributed by atoms with van der Waals surface area (Å²) in [6, 6.07) is 9.73. The number of thioether (sulfide) groups is 1. The van der Waals surface area contributed by atoms with Crippen LogP contribution >= 0.6 is 23.1 Å². The molecule has 1 aliphatic rings. The second kappa shape index (κ2) is 10.8. The predicted octanol–water partition coefficient (Wildman–Crippen LogP) is 3.38. The van der Waals surface area contributed by atoms with Crippen molar-refractivity contribution in [1.29, 1.82) is 0 Å². The lowest BCUT2D eigenvalue weighted by Crippen LogP contribution is -2.37. The van der Waals surface area contributed by atoms with Gasteiger partial charge in [-0.05, 0) is 43.0 Å². The molecule has 33 heavy (non-hydrogen) atoms. The molecule has 0 atom stereocenters. The highest BCUT2D eigenvalue weighted by molar-refractivity contribution is 7.99. The number of nitrogens with zero attached hydrogens (tertiary/aromatic N) is 4. The smallest absolute Gasteiger partial charge is 0.341 e. The second-order valence-corrected chi connectivity index (χ2v) is 9.14. The van der Waals surface area contributed by atoms with Gasteiger partial charge in [-0.15, -0.1) is 21.5 Å².